The van der Waals surface area contributed by atoms with Crippen LogP contribution in [0.25, 0.3) is 0 Å². The fourth-order valence-corrected chi connectivity index (χ4v) is 2.65. The van der Waals surface area contributed by atoms with E-state index >= 15 is 0 Å². The molecular formula is C14H29N. The van der Waals surface area contributed by atoms with Gasteiger partial charge in [-0.05, 0) is 31.7 Å². The van der Waals surface area contributed by atoms with Gasteiger partial charge in [0, 0.05) is 6.04 Å². The highest BCUT2D eigenvalue weighted by Crippen LogP contribution is 2.20. The lowest BCUT2D eigenvalue weighted by atomic mass is 9.89. The third-order valence-corrected chi connectivity index (χ3v) is 3.80. The van der Waals surface area contributed by atoms with E-state index in [1.807, 2.05) is 0 Å². The van der Waals surface area contributed by atoms with Crippen LogP contribution in [0.3, 0.4) is 0 Å². The number of unbranched alkanes of at least 4 members (excludes halogenated alkanes) is 5. The molecule has 1 N–H and O–H groups in total. The minimum Gasteiger partial charge on any atom is -0.314 e. The molecule has 0 aromatic heterocycles. The summed E-state index contributed by atoms with van der Waals surface area (Å²) < 4.78 is 0. The second-order valence-electron chi connectivity index (χ2n) is 5.24. The lowest BCUT2D eigenvalue weighted by Crippen LogP contribution is -2.39. The van der Waals surface area contributed by atoms with Crippen molar-refractivity contribution in [1.82, 2.24) is 5.32 Å². The van der Waals surface area contributed by atoms with Gasteiger partial charge >= 0.3 is 0 Å². The van der Waals surface area contributed by atoms with E-state index in [0.717, 1.165) is 12.0 Å². The first-order valence-corrected chi connectivity index (χ1v) is 7.08. The molecule has 0 spiro atoms. The van der Waals surface area contributed by atoms with E-state index in [1.54, 1.807) is 0 Å². The fourth-order valence-electron chi connectivity index (χ4n) is 2.65. The van der Waals surface area contributed by atoms with Gasteiger partial charge in [0.1, 0.15) is 0 Å². The molecule has 1 heterocycles. The number of piperidine rings is 1. The van der Waals surface area contributed by atoms with Gasteiger partial charge in [0.15, 0.2) is 0 Å². The molecule has 0 aromatic rings. The number of hydrogen-bond acceptors (Lipinski definition) is 1. The Bertz CT molecular complexity index is 144. The largest absolute Gasteiger partial charge is 0.314 e. The summed E-state index contributed by atoms with van der Waals surface area (Å²) in [5.74, 6) is 0.911. The molecule has 1 nitrogen and oxygen atoms in total. The van der Waals surface area contributed by atoms with Crippen LogP contribution in [0.15, 0.2) is 0 Å². The van der Waals surface area contributed by atoms with Crippen LogP contribution in [-0.2, 0) is 0 Å². The molecule has 1 saturated heterocycles. The summed E-state index contributed by atoms with van der Waals surface area (Å²) in [7, 11) is 0. The van der Waals surface area contributed by atoms with Gasteiger partial charge in [-0.25, -0.2) is 0 Å². The van der Waals surface area contributed by atoms with Gasteiger partial charge in [-0.2, -0.15) is 0 Å². The molecule has 0 saturated carbocycles. The molecule has 0 aliphatic carbocycles. The Hall–Kier alpha value is -0.0400. The predicted octanol–water partition coefficient (Wildman–Crippen LogP) is 4.13. The van der Waals surface area contributed by atoms with Crippen molar-refractivity contribution in [3.05, 3.63) is 0 Å². The number of nitrogens with one attached hydrogen (secondary N) is 1. The van der Waals surface area contributed by atoms with Gasteiger partial charge in [-0.15, -0.1) is 0 Å². The predicted molar refractivity (Wildman–Crippen MR) is 68.2 cm³/mol. The second-order valence-corrected chi connectivity index (χ2v) is 5.24. The van der Waals surface area contributed by atoms with E-state index in [9.17, 15) is 0 Å². The average Bonchev–Trinajstić information content (AvgIpc) is 2.25. The molecule has 1 fully saturated rings. The van der Waals surface area contributed by atoms with E-state index in [4.69, 9.17) is 0 Å². The first-order valence-electron chi connectivity index (χ1n) is 7.08. The van der Waals surface area contributed by atoms with E-state index in [0.29, 0.717) is 0 Å². The molecular weight excluding hydrogens is 182 g/mol. The number of rotatable bonds is 7. The van der Waals surface area contributed by atoms with Crippen LogP contribution < -0.4 is 5.32 Å². The lowest BCUT2D eigenvalue weighted by Gasteiger charge is -2.30. The monoisotopic (exact) mass is 211 g/mol. The molecule has 1 aliphatic rings. The highest BCUT2D eigenvalue weighted by Gasteiger charge is 2.19. The zero-order valence-electron chi connectivity index (χ0n) is 10.7. The summed E-state index contributed by atoms with van der Waals surface area (Å²) in [6.07, 6.45) is 12.8. The maximum Gasteiger partial charge on any atom is 0.00926 e. The van der Waals surface area contributed by atoms with Crippen LogP contribution in [0.5, 0.6) is 0 Å². The van der Waals surface area contributed by atoms with Gasteiger partial charge < -0.3 is 5.32 Å². The molecule has 0 bridgehead atoms. The van der Waals surface area contributed by atoms with Crippen molar-refractivity contribution < 1.29 is 0 Å². The molecule has 1 rings (SSSR count). The summed E-state index contributed by atoms with van der Waals surface area (Å²) in [5, 5.41) is 3.67. The van der Waals surface area contributed by atoms with Gasteiger partial charge in [0.25, 0.3) is 0 Å². The average molecular weight is 211 g/mol. The first kappa shape index (κ1) is 13.0. The highest BCUT2D eigenvalue weighted by molar-refractivity contribution is 4.77. The third kappa shape index (κ3) is 5.55. The van der Waals surface area contributed by atoms with E-state index in [-0.39, 0.29) is 0 Å². The Kier molecular flexibility index (Phi) is 7.08. The van der Waals surface area contributed by atoms with Crippen molar-refractivity contribution in [3.63, 3.8) is 0 Å². The van der Waals surface area contributed by atoms with Crippen molar-refractivity contribution in [2.24, 2.45) is 5.92 Å². The Balaban J connectivity index is 1.94. The van der Waals surface area contributed by atoms with Crippen LogP contribution in [0.2, 0.25) is 0 Å². The Morgan fingerprint density at radius 3 is 2.53 bits per heavy atom. The Morgan fingerprint density at radius 1 is 1.07 bits per heavy atom. The fraction of sp³-hybridized carbons (Fsp3) is 1.00. The van der Waals surface area contributed by atoms with Gasteiger partial charge in [0.2, 0.25) is 0 Å². The Morgan fingerprint density at radius 2 is 1.80 bits per heavy atom. The van der Waals surface area contributed by atoms with Crippen molar-refractivity contribution >= 4 is 0 Å². The topological polar surface area (TPSA) is 12.0 Å². The summed E-state index contributed by atoms with van der Waals surface area (Å²) >= 11 is 0. The van der Waals surface area contributed by atoms with Crippen LogP contribution in [-0.4, -0.2) is 12.6 Å². The SMILES string of the molecule is CCCCCCCCC1NCCCC1C. The summed E-state index contributed by atoms with van der Waals surface area (Å²) in [6, 6.07) is 0.824. The lowest BCUT2D eigenvalue weighted by molar-refractivity contribution is 0.280. The molecule has 2 unspecified atom stereocenters. The highest BCUT2D eigenvalue weighted by atomic mass is 14.9. The maximum absolute atomic E-state index is 3.67. The van der Waals surface area contributed by atoms with Crippen LogP contribution in [0, 0.1) is 5.92 Å². The van der Waals surface area contributed by atoms with Crippen molar-refractivity contribution in [1.29, 1.82) is 0 Å². The molecule has 0 amide bonds. The van der Waals surface area contributed by atoms with E-state index < -0.39 is 0 Å². The first-order chi connectivity index (χ1) is 7.34. The van der Waals surface area contributed by atoms with Crippen LogP contribution in [0.1, 0.15) is 71.6 Å². The Labute approximate surface area is 96.0 Å². The standard InChI is InChI=1S/C14H29N/c1-3-4-5-6-7-8-11-14-13(2)10-9-12-15-14/h13-15H,3-12H2,1-2H3. The second kappa shape index (κ2) is 8.15. The summed E-state index contributed by atoms with van der Waals surface area (Å²) in [6.45, 7) is 5.95. The third-order valence-electron chi connectivity index (χ3n) is 3.80. The normalized spacial score (nSPS) is 26.8. The molecule has 15 heavy (non-hydrogen) atoms. The molecule has 0 aromatic carbocycles. The van der Waals surface area contributed by atoms with Crippen molar-refractivity contribution in [2.75, 3.05) is 6.54 Å². The summed E-state index contributed by atoms with van der Waals surface area (Å²) in [4.78, 5) is 0. The maximum atomic E-state index is 3.67. The molecule has 1 heteroatoms. The number of hydrogen-bond donors (Lipinski definition) is 1. The van der Waals surface area contributed by atoms with Crippen molar-refractivity contribution in [3.8, 4) is 0 Å². The van der Waals surface area contributed by atoms with Crippen LogP contribution >= 0.6 is 0 Å². The quantitative estimate of drug-likeness (QED) is 0.624. The zero-order valence-corrected chi connectivity index (χ0v) is 10.7. The minimum atomic E-state index is 0.824. The smallest absolute Gasteiger partial charge is 0.00926 e. The van der Waals surface area contributed by atoms with Crippen LogP contribution in [0.4, 0.5) is 0 Å². The molecule has 1 aliphatic heterocycles. The van der Waals surface area contributed by atoms with Gasteiger partial charge in [0.05, 0.1) is 0 Å². The van der Waals surface area contributed by atoms with Gasteiger partial charge in [-0.1, -0.05) is 52.4 Å². The van der Waals surface area contributed by atoms with Crippen molar-refractivity contribution in [2.45, 2.75) is 77.7 Å². The van der Waals surface area contributed by atoms with E-state index in [1.165, 1.54) is 64.3 Å². The summed E-state index contributed by atoms with van der Waals surface area (Å²) in [5.41, 5.74) is 0. The molecule has 2 atom stereocenters. The zero-order chi connectivity index (χ0) is 10.9. The molecule has 0 radical (unpaired) electrons. The minimum absolute atomic E-state index is 0.824. The molecule has 90 valence electrons. The van der Waals surface area contributed by atoms with E-state index in [2.05, 4.69) is 19.2 Å². The van der Waals surface area contributed by atoms with Gasteiger partial charge in [-0.3, -0.25) is 0 Å².